The molecule has 0 saturated carbocycles. The molecule has 0 aliphatic carbocycles. The maximum Gasteiger partial charge on any atom is 0.235 e. The average molecular weight is 315 g/mol. The Bertz CT molecular complexity index is 593. The zero-order chi connectivity index (χ0) is 14.7. The molecule has 0 spiro atoms. The molecule has 1 atom stereocenters. The summed E-state index contributed by atoms with van der Waals surface area (Å²) in [5, 5.41) is 3.22. The van der Waals surface area contributed by atoms with E-state index in [4.69, 9.17) is 28.7 Å². The second kappa shape index (κ2) is 6.04. The van der Waals surface area contributed by atoms with Gasteiger partial charge in [-0.2, -0.15) is 9.97 Å². The largest absolute Gasteiger partial charge is 0.298 e. The van der Waals surface area contributed by atoms with Gasteiger partial charge in [-0.25, -0.2) is 0 Å². The highest BCUT2D eigenvalue weighted by atomic mass is 35.5. The number of amides is 1. The molecule has 10 heteroatoms. The van der Waals surface area contributed by atoms with Gasteiger partial charge < -0.3 is 0 Å². The number of nitrogens with zero attached hydrogens (tertiary/aromatic N) is 6. The Labute approximate surface area is 123 Å². The summed E-state index contributed by atoms with van der Waals surface area (Å²) in [6.07, 6.45) is 0.678. The number of anilines is 1. The van der Waals surface area contributed by atoms with E-state index >= 15 is 0 Å². The zero-order valence-electron chi connectivity index (χ0n) is 10.0. The molecule has 1 aliphatic rings. The van der Waals surface area contributed by atoms with E-state index in [1.165, 1.54) is 4.90 Å². The highest BCUT2D eigenvalue weighted by Gasteiger charge is 2.32. The van der Waals surface area contributed by atoms with Crippen molar-refractivity contribution in [3.8, 4) is 0 Å². The van der Waals surface area contributed by atoms with Gasteiger partial charge >= 0.3 is 0 Å². The van der Waals surface area contributed by atoms with Crippen LogP contribution < -0.4 is 4.90 Å². The lowest BCUT2D eigenvalue weighted by atomic mass is 10.1. The van der Waals surface area contributed by atoms with Crippen LogP contribution in [0.3, 0.4) is 0 Å². The van der Waals surface area contributed by atoms with E-state index < -0.39 is 0 Å². The molecule has 0 radical (unpaired) electrons. The summed E-state index contributed by atoms with van der Waals surface area (Å²) in [6, 6.07) is 0. The minimum atomic E-state index is -0.214. The molecule has 0 aromatic carbocycles. The molecular weight excluding hydrogens is 307 g/mol. The van der Waals surface area contributed by atoms with Crippen molar-refractivity contribution in [1.29, 1.82) is 0 Å². The van der Waals surface area contributed by atoms with Gasteiger partial charge in [-0.1, -0.05) is 28.3 Å². The molecule has 1 saturated heterocycles. The third-order valence-corrected chi connectivity index (χ3v) is 3.38. The number of aromatic nitrogens is 2. The van der Waals surface area contributed by atoms with Crippen LogP contribution in [0.4, 0.5) is 5.95 Å². The summed E-state index contributed by atoms with van der Waals surface area (Å²) in [7, 11) is 0. The van der Waals surface area contributed by atoms with Gasteiger partial charge in [0.25, 0.3) is 0 Å². The van der Waals surface area contributed by atoms with Gasteiger partial charge in [0.15, 0.2) is 6.29 Å². The van der Waals surface area contributed by atoms with E-state index in [2.05, 4.69) is 20.0 Å². The molecular formula is C10H8Cl2N6O2. The van der Waals surface area contributed by atoms with Crippen molar-refractivity contribution in [2.24, 2.45) is 11.0 Å². The molecule has 2 rings (SSSR count). The van der Waals surface area contributed by atoms with Crippen LogP contribution >= 0.6 is 23.2 Å². The molecule has 1 aromatic rings. The molecule has 1 unspecified atom stereocenters. The van der Waals surface area contributed by atoms with Crippen LogP contribution in [0.2, 0.25) is 10.3 Å². The molecule has 1 amide bonds. The Morgan fingerprint density at radius 3 is 2.65 bits per heavy atom. The van der Waals surface area contributed by atoms with Crippen molar-refractivity contribution in [1.82, 2.24) is 9.97 Å². The molecule has 2 heterocycles. The average Bonchev–Trinajstić information content (AvgIpc) is 2.77. The van der Waals surface area contributed by atoms with E-state index in [0.717, 1.165) is 0 Å². The second-order valence-corrected chi connectivity index (χ2v) is 4.84. The van der Waals surface area contributed by atoms with Crippen molar-refractivity contribution in [3.05, 3.63) is 26.3 Å². The van der Waals surface area contributed by atoms with E-state index in [9.17, 15) is 9.59 Å². The molecule has 1 aromatic heterocycles. The van der Waals surface area contributed by atoms with Crippen LogP contribution in [0.25, 0.3) is 10.4 Å². The number of carbonyl (C=O) groups is 2. The summed E-state index contributed by atoms with van der Waals surface area (Å²) in [6.45, 7) is 0.525. The number of rotatable bonds is 4. The third kappa shape index (κ3) is 2.82. The summed E-state index contributed by atoms with van der Waals surface area (Å²) in [5.41, 5.74) is 8.25. The predicted octanol–water partition coefficient (Wildman–Crippen LogP) is 2.26. The van der Waals surface area contributed by atoms with Crippen molar-refractivity contribution < 1.29 is 9.59 Å². The number of azide groups is 1. The topological polar surface area (TPSA) is 112 Å². The first-order valence-corrected chi connectivity index (χ1v) is 6.31. The maximum atomic E-state index is 11.9. The Morgan fingerprint density at radius 1 is 1.45 bits per heavy atom. The highest BCUT2D eigenvalue weighted by Crippen LogP contribution is 2.27. The summed E-state index contributed by atoms with van der Waals surface area (Å²) >= 11 is 11.6. The fourth-order valence-electron chi connectivity index (χ4n) is 1.87. The van der Waals surface area contributed by atoms with E-state index in [1.807, 2.05) is 0 Å². The zero-order valence-corrected chi connectivity index (χ0v) is 11.5. The lowest BCUT2D eigenvalue weighted by molar-refractivity contribution is -0.117. The van der Waals surface area contributed by atoms with Crippen molar-refractivity contribution in [2.45, 2.75) is 6.42 Å². The summed E-state index contributed by atoms with van der Waals surface area (Å²) in [4.78, 5) is 34.4. The SMILES string of the molecule is [N-]=[N+]=NCC1CC(=O)N(c2nc(Cl)c(C=O)c(Cl)n2)C1. The third-order valence-electron chi connectivity index (χ3n) is 2.81. The van der Waals surface area contributed by atoms with Crippen molar-refractivity contribution in [2.75, 3.05) is 18.0 Å². The number of carbonyl (C=O) groups excluding carboxylic acids is 2. The molecule has 104 valence electrons. The number of aldehydes is 1. The number of hydrogen-bond acceptors (Lipinski definition) is 5. The fourth-order valence-corrected chi connectivity index (χ4v) is 2.34. The van der Waals surface area contributed by atoms with Crippen LogP contribution in [-0.2, 0) is 4.79 Å². The lowest BCUT2D eigenvalue weighted by Crippen LogP contribution is -2.27. The summed E-state index contributed by atoms with van der Waals surface area (Å²) in [5.74, 6) is -0.279. The lowest BCUT2D eigenvalue weighted by Gasteiger charge is -2.15. The van der Waals surface area contributed by atoms with Gasteiger partial charge in [-0.05, 0) is 11.4 Å². The molecule has 20 heavy (non-hydrogen) atoms. The Balaban J connectivity index is 2.26. The Morgan fingerprint density at radius 2 is 2.10 bits per heavy atom. The second-order valence-electron chi connectivity index (χ2n) is 4.12. The Kier molecular flexibility index (Phi) is 4.39. The minimum absolute atomic E-state index is 0.0191. The van der Waals surface area contributed by atoms with Crippen LogP contribution in [0.5, 0.6) is 0 Å². The minimum Gasteiger partial charge on any atom is -0.298 e. The predicted molar refractivity (Wildman–Crippen MR) is 71.9 cm³/mol. The number of hydrogen-bond donors (Lipinski definition) is 0. The summed E-state index contributed by atoms with van der Waals surface area (Å²) < 4.78 is 0. The van der Waals surface area contributed by atoms with E-state index in [-0.39, 0.29) is 46.6 Å². The van der Waals surface area contributed by atoms with Crippen molar-refractivity contribution in [3.63, 3.8) is 0 Å². The van der Waals surface area contributed by atoms with Gasteiger partial charge in [-0.15, -0.1) is 0 Å². The highest BCUT2D eigenvalue weighted by molar-refractivity contribution is 6.37. The monoisotopic (exact) mass is 314 g/mol. The normalized spacial score (nSPS) is 18.0. The quantitative estimate of drug-likeness (QED) is 0.279. The van der Waals surface area contributed by atoms with Gasteiger partial charge in [0.2, 0.25) is 11.9 Å². The fraction of sp³-hybridized carbons (Fsp3) is 0.400. The van der Waals surface area contributed by atoms with Gasteiger partial charge in [0.1, 0.15) is 10.3 Å². The molecule has 8 nitrogen and oxygen atoms in total. The van der Waals surface area contributed by atoms with Crippen molar-refractivity contribution >= 4 is 41.3 Å². The molecule has 1 aliphatic heterocycles. The molecule has 0 N–H and O–H groups in total. The van der Waals surface area contributed by atoms with Gasteiger partial charge in [-0.3, -0.25) is 14.5 Å². The Hall–Kier alpha value is -1.89. The molecule has 1 fully saturated rings. The van der Waals surface area contributed by atoms with Crippen LogP contribution in [0.1, 0.15) is 16.8 Å². The van der Waals surface area contributed by atoms with Crippen LogP contribution in [-0.4, -0.2) is 35.3 Å². The van der Waals surface area contributed by atoms with E-state index in [1.54, 1.807) is 0 Å². The maximum absolute atomic E-state index is 11.9. The standard InChI is InChI=1S/C10H8Cl2N6O2/c11-8-6(4-19)9(12)16-10(15-8)18-3-5(1-7(18)20)2-14-17-13/h4-5H,1-3H2. The van der Waals surface area contributed by atoms with Gasteiger partial charge in [0, 0.05) is 24.4 Å². The smallest absolute Gasteiger partial charge is 0.235 e. The van der Waals surface area contributed by atoms with Crippen LogP contribution in [0.15, 0.2) is 5.11 Å². The van der Waals surface area contributed by atoms with E-state index in [0.29, 0.717) is 12.8 Å². The van der Waals surface area contributed by atoms with Crippen LogP contribution in [0, 0.1) is 5.92 Å². The first-order valence-electron chi connectivity index (χ1n) is 5.56. The first kappa shape index (κ1) is 14.5. The first-order chi connectivity index (χ1) is 9.56. The molecule has 0 bridgehead atoms. The number of halogens is 2. The van der Waals surface area contributed by atoms with Gasteiger partial charge in [0.05, 0.1) is 5.56 Å².